The molecule has 0 aliphatic carbocycles. The predicted octanol–water partition coefficient (Wildman–Crippen LogP) is 0.0689. The van der Waals surface area contributed by atoms with Gasteiger partial charge in [-0.1, -0.05) is 17.8 Å². The van der Waals surface area contributed by atoms with Gasteiger partial charge in [0.1, 0.15) is 0 Å². The van der Waals surface area contributed by atoms with Crippen LogP contribution < -0.4 is 0 Å². The van der Waals surface area contributed by atoms with Crippen LogP contribution in [0, 0.1) is 0 Å². The molecule has 0 N–H and O–H groups in total. The number of thioether (sulfide) groups is 1. The van der Waals surface area contributed by atoms with E-state index in [1.54, 1.807) is 13.1 Å². The summed E-state index contributed by atoms with van der Waals surface area (Å²) in [5.41, 5.74) is 0. The van der Waals surface area contributed by atoms with E-state index in [0.717, 1.165) is 0 Å². The van der Waals surface area contributed by atoms with Crippen molar-refractivity contribution in [1.29, 1.82) is 0 Å². The number of carbonyl (C=O) groups is 1. The van der Waals surface area contributed by atoms with Gasteiger partial charge in [-0.15, -0.1) is 16.8 Å². The van der Waals surface area contributed by atoms with E-state index in [9.17, 15) is 9.00 Å². The molecule has 0 bridgehead atoms. The molecule has 0 radical (unpaired) electrons. The van der Waals surface area contributed by atoms with E-state index < -0.39 is 10.8 Å². The zero-order valence-corrected chi connectivity index (χ0v) is 11.7. The molecule has 2 fully saturated rings. The van der Waals surface area contributed by atoms with Crippen molar-refractivity contribution in [2.75, 3.05) is 31.6 Å². The number of carbonyl (C=O) groups excluding carboxylic acids is 1. The average Bonchev–Trinajstić information content (AvgIpc) is 2.85. The summed E-state index contributed by atoms with van der Waals surface area (Å²) in [5.74, 6) is 0.966. The Morgan fingerprint density at radius 2 is 2.33 bits per heavy atom. The van der Waals surface area contributed by atoms with Crippen LogP contribution in [-0.2, 0) is 15.6 Å². The minimum absolute atomic E-state index is 0.00874. The highest BCUT2D eigenvalue weighted by Gasteiger charge is 2.27. The molecule has 0 aromatic heterocycles. The van der Waals surface area contributed by atoms with E-state index in [1.807, 2.05) is 4.90 Å². The summed E-state index contributed by atoms with van der Waals surface area (Å²) in [5, 5.41) is 9.08. The van der Waals surface area contributed by atoms with E-state index in [0.29, 0.717) is 34.9 Å². The number of hydrogen-bond donors (Lipinski definition) is 0. The maximum absolute atomic E-state index is 11.8. The van der Waals surface area contributed by atoms with E-state index in [2.05, 4.69) is 16.8 Å². The molecular formula is C10H14N4O2S2. The summed E-state index contributed by atoms with van der Waals surface area (Å²) in [7, 11) is 0.557. The van der Waals surface area contributed by atoms with Crippen molar-refractivity contribution in [1.82, 2.24) is 9.80 Å². The summed E-state index contributed by atoms with van der Waals surface area (Å²) < 4.78 is 11.8. The second-order valence-electron chi connectivity index (χ2n) is 3.79. The third-order valence-electron chi connectivity index (χ3n) is 2.58. The minimum atomic E-state index is -1.10. The Labute approximate surface area is 112 Å². The van der Waals surface area contributed by atoms with Crippen LogP contribution >= 0.6 is 11.8 Å². The Bertz CT molecular complexity index is 461. The van der Waals surface area contributed by atoms with Crippen LogP contribution in [0.25, 0.3) is 0 Å². The van der Waals surface area contributed by atoms with Crippen molar-refractivity contribution in [2.24, 2.45) is 10.2 Å². The maximum Gasteiger partial charge on any atom is 0.238 e. The van der Waals surface area contributed by atoms with E-state index in [1.165, 1.54) is 16.7 Å². The molecule has 0 spiro atoms. The quantitative estimate of drug-likeness (QED) is 0.544. The van der Waals surface area contributed by atoms with E-state index in [-0.39, 0.29) is 5.91 Å². The van der Waals surface area contributed by atoms with Crippen molar-refractivity contribution in [3.8, 4) is 0 Å². The van der Waals surface area contributed by atoms with Crippen LogP contribution in [0.1, 0.15) is 0 Å². The maximum atomic E-state index is 11.8. The lowest BCUT2D eigenvalue weighted by Crippen LogP contribution is -2.27. The van der Waals surface area contributed by atoms with Gasteiger partial charge in [0, 0.05) is 25.9 Å². The van der Waals surface area contributed by atoms with Crippen LogP contribution in [-0.4, -0.2) is 61.9 Å². The molecule has 2 rings (SSSR count). The summed E-state index contributed by atoms with van der Waals surface area (Å²) in [4.78, 5) is 14.7. The molecule has 2 aliphatic rings. The zero-order chi connectivity index (χ0) is 13.1. The number of hydrogen-bond acceptors (Lipinski definition) is 5. The zero-order valence-electron chi connectivity index (χ0n) is 10.0. The van der Waals surface area contributed by atoms with Gasteiger partial charge in [-0.3, -0.25) is 13.9 Å². The van der Waals surface area contributed by atoms with Crippen molar-refractivity contribution in [2.45, 2.75) is 0 Å². The molecule has 98 valence electrons. The Kier molecular flexibility index (Phi) is 4.18. The molecule has 0 saturated carbocycles. The smallest absolute Gasteiger partial charge is 0.238 e. The monoisotopic (exact) mass is 286 g/mol. The first-order chi connectivity index (χ1) is 8.63. The summed E-state index contributed by atoms with van der Waals surface area (Å²) in [6.45, 7) is 4.96. The lowest BCUT2D eigenvalue weighted by atomic mass is 10.5. The summed E-state index contributed by atoms with van der Waals surface area (Å²) >= 11 is 1.34. The van der Waals surface area contributed by atoms with Gasteiger partial charge in [0.2, 0.25) is 11.1 Å². The lowest BCUT2D eigenvalue weighted by Gasteiger charge is -2.13. The molecule has 0 aromatic rings. The SMILES string of the molecule is C=CCN1CCS(=O)C1=NN=C1SCC(=O)N1C. The highest BCUT2D eigenvalue weighted by atomic mass is 32.2. The first-order valence-electron chi connectivity index (χ1n) is 5.42. The first kappa shape index (κ1) is 13.3. The molecule has 1 unspecified atom stereocenters. The highest BCUT2D eigenvalue weighted by Crippen LogP contribution is 2.18. The van der Waals surface area contributed by atoms with Gasteiger partial charge in [0.15, 0.2) is 5.17 Å². The molecule has 2 heterocycles. The van der Waals surface area contributed by atoms with Gasteiger partial charge in [-0.05, 0) is 0 Å². The second-order valence-corrected chi connectivity index (χ2v) is 6.20. The van der Waals surface area contributed by atoms with E-state index in [4.69, 9.17) is 0 Å². The molecule has 0 aromatic carbocycles. The van der Waals surface area contributed by atoms with Gasteiger partial charge >= 0.3 is 0 Å². The van der Waals surface area contributed by atoms with Gasteiger partial charge in [0.05, 0.1) is 16.6 Å². The Morgan fingerprint density at radius 3 is 2.94 bits per heavy atom. The van der Waals surface area contributed by atoms with Crippen molar-refractivity contribution < 1.29 is 9.00 Å². The number of amidine groups is 2. The second kappa shape index (κ2) is 5.66. The molecule has 2 aliphatic heterocycles. The van der Waals surface area contributed by atoms with Crippen LogP contribution in [0.2, 0.25) is 0 Å². The minimum Gasteiger partial charge on any atom is -0.343 e. The van der Waals surface area contributed by atoms with Crippen molar-refractivity contribution >= 4 is 38.8 Å². The largest absolute Gasteiger partial charge is 0.343 e. The molecule has 6 nitrogen and oxygen atoms in total. The molecule has 1 amide bonds. The number of nitrogens with zero attached hydrogens (tertiary/aromatic N) is 4. The third kappa shape index (κ3) is 2.64. The van der Waals surface area contributed by atoms with E-state index >= 15 is 0 Å². The number of amides is 1. The molecule has 18 heavy (non-hydrogen) atoms. The van der Waals surface area contributed by atoms with Gasteiger partial charge < -0.3 is 4.90 Å². The fraction of sp³-hybridized carbons (Fsp3) is 0.500. The Morgan fingerprint density at radius 1 is 1.56 bits per heavy atom. The first-order valence-corrected chi connectivity index (χ1v) is 7.73. The van der Waals surface area contributed by atoms with Gasteiger partial charge in [-0.2, -0.15) is 0 Å². The predicted molar refractivity (Wildman–Crippen MR) is 74.9 cm³/mol. The topological polar surface area (TPSA) is 65.3 Å². The number of rotatable bonds is 3. The average molecular weight is 286 g/mol. The summed E-state index contributed by atoms with van der Waals surface area (Å²) in [6.07, 6.45) is 1.74. The van der Waals surface area contributed by atoms with Crippen LogP contribution in [0.15, 0.2) is 22.9 Å². The van der Waals surface area contributed by atoms with Crippen molar-refractivity contribution in [3.63, 3.8) is 0 Å². The highest BCUT2D eigenvalue weighted by molar-refractivity contribution is 8.15. The molecule has 2 saturated heterocycles. The Hall–Kier alpha value is -1.15. The molecule has 1 atom stereocenters. The van der Waals surface area contributed by atoms with Crippen LogP contribution in [0.4, 0.5) is 0 Å². The fourth-order valence-electron chi connectivity index (χ4n) is 1.57. The van der Waals surface area contributed by atoms with Gasteiger partial charge in [-0.25, -0.2) is 0 Å². The lowest BCUT2D eigenvalue weighted by molar-refractivity contribution is -0.123. The van der Waals surface area contributed by atoms with Gasteiger partial charge in [0.25, 0.3) is 0 Å². The molecular weight excluding hydrogens is 272 g/mol. The van der Waals surface area contributed by atoms with Crippen molar-refractivity contribution in [3.05, 3.63) is 12.7 Å². The van der Waals surface area contributed by atoms with Crippen LogP contribution in [0.5, 0.6) is 0 Å². The normalized spacial score (nSPS) is 28.7. The summed E-state index contributed by atoms with van der Waals surface area (Å²) in [6, 6.07) is 0. The molecule has 8 heteroatoms. The van der Waals surface area contributed by atoms with Crippen LogP contribution in [0.3, 0.4) is 0 Å². The standard InChI is InChI=1S/C10H14N4O2S2/c1-3-4-14-5-6-18(16)10(14)12-11-9-13(2)8(15)7-17-9/h3H,1,4-7H2,2H3. The fourth-order valence-corrected chi connectivity index (χ4v) is 3.56. The Balaban J connectivity index is 2.16. The third-order valence-corrected chi connectivity index (χ3v) is 4.88.